The third-order valence-corrected chi connectivity index (χ3v) is 3.02. The second kappa shape index (κ2) is 4.25. The minimum atomic E-state index is -0.402. The number of aromatic nitrogens is 3. The Morgan fingerprint density at radius 3 is 2.59 bits per heavy atom. The van der Waals surface area contributed by atoms with Gasteiger partial charge in [-0.2, -0.15) is 5.10 Å². The summed E-state index contributed by atoms with van der Waals surface area (Å²) in [5.41, 5.74) is 8.73. The Morgan fingerprint density at radius 1 is 1.35 bits per heavy atom. The van der Waals surface area contributed by atoms with Gasteiger partial charge in [-0.05, 0) is 32.4 Å². The largest absolute Gasteiger partial charge is 0.326 e. The van der Waals surface area contributed by atoms with E-state index in [0.717, 1.165) is 17.0 Å². The van der Waals surface area contributed by atoms with Crippen molar-refractivity contribution in [3.8, 4) is 5.82 Å². The van der Waals surface area contributed by atoms with Crippen molar-refractivity contribution in [2.45, 2.75) is 27.3 Å². The number of nitrogens with zero attached hydrogens (tertiary/aromatic N) is 3. The van der Waals surface area contributed by atoms with Gasteiger partial charge in [0.1, 0.15) is 0 Å². The second-order valence-electron chi connectivity index (χ2n) is 4.02. The number of halogens is 1. The molecule has 0 radical (unpaired) electrons. The predicted octanol–water partition coefficient (Wildman–Crippen LogP) is 1.79. The first-order valence-electron chi connectivity index (χ1n) is 5.43. The molecule has 90 valence electrons. The average molecular weight is 234 g/mol. The molecule has 5 heteroatoms. The number of nitrogens with two attached hydrogens (primary N) is 1. The third-order valence-electron chi connectivity index (χ3n) is 3.02. The fraction of sp³-hybridized carbons (Fsp3) is 0.333. The van der Waals surface area contributed by atoms with Gasteiger partial charge in [-0.15, -0.1) is 0 Å². The molecule has 17 heavy (non-hydrogen) atoms. The summed E-state index contributed by atoms with van der Waals surface area (Å²) in [6, 6.07) is 1.58. The normalized spacial score (nSPS) is 10.9. The average Bonchev–Trinajstić information content (AvgIpc) is 2.57. The summed E-state index contributed by atoms with van der Waals surface area (Å²) in [7, 11) is 0. The second-order valence-corrected chi connectivity index (χ2v) is 4.02. The zero-order valence-electron chi connectivity index (χ0n) is 10.2. The van der Waals surface area contributed by atoms with Crippen LogP contribution in [-0.2, 0) is 6.54 Å². The van der Waals surface area contributed by atoms with Crippen LogP contribution in [0.5, 0.6) is 0 Å². The molecule has 2 aromatic rings. The van der Waals surface area contributed by atoms with Gasteiger partial charge in [0.25, 0.3) is 0 Å². The van der Waals surface area contributed by atoms with Crippen molar-refractivity contribution in [2.75, 3.05) is 0 Å². The Balaban J connectivity index is 2.64. The van der Waals surface area contributed by atoms with E-state index in [1.165, 1.54) is 4.68 Å². The van der Waals surface area contributed by atoms with Crippen LogP contribution in [0.4, 0.5) is 4.39 Å². The van der Waals surface area contributed by atoms with Gasteiger partial charge < -0.3 is 5.73 Å². The first kappa shape index (κ1) is 11.7. The SMILES string of the molecule is Cc1nn(-c2nccc(CN)c2F)c(C)c1C. The maximum absolute atomic E-state index is 14.1. The van der Waals surface area contributed by atoms with Gasteiger partial charge in [-0.25, -0.2) is 14.1 Å². The molecule has 0 saturated carbocycles. The summed E-state index contributed by atoms with van der Waals surface area (Å²) in [5, 5.41) is 4.29. The van der Waals surface area contributed by atoms with E-state index < -0.39 is 5.82 Å². The summed E-state index contributed by atoms with van der Waals surface area (Å²) in [6.07, 6.45) is 1.55. The van der Waals surface area contributed by atoms with Gasteiger partial charge in [-0.3, -0.25) is 0 Å². The van der Waals surface area contributed by atoms with Crippen molar-refractivity contribution >= 4 is 0 Å². The van der Waals surface area contributed by atoms with Gasteiger partial charge in [0.05, 0.1) is 5.69 Å². The molecule has 2 rings (SSSR count). The zero-order valence-corrected chi connectivity index (χ0v) is 10.2. The van der Waals surface area contributed by atoms with Crippen LogP contribution in [0.2, 0.25) is 0 Å². The van der Waals surface area contributed by atoms with Gasteiger partial charge in [0.15, 0.2) is 11.6 Å². The molecule has 0 amide bonds. The number of pyridine rings is 1. The Labute approximate surface area is 99.3 Å². The lowest BCUT2D eigenvalue weighted by atomic mass is 10.2. The molecule has 0 unspecified atom stereocenters. The Kier molecular flexibility index (Phi) is 2.93. The Bertz CT molecular complexity index is 560. The van der Waals surface area contributed by atoms with Crippen molar-refractivity contribution in [3.63, 3.8) is 0 Å². The van der Waals surface area contributed by atoms with Gasteiger partial charge >= 0.3 is 0 Å². The molecular weight excluding hydrogens is 219 g/mol. The van der Waals surface area contributed by atoms with Gasteiger partial charge in [0.2, 0.25) is 0 Å². The maximum atomic E-state index is 14.1. The number of rotatable bonds is 2. The lowest BCUT2D eigenvalue weighted by Gasteiger charge is -2.07. The molecule has 0 aliphatic carbocycles. The molecule has 0 atom stereocenters. The first-order valence-corrected chi connectivity index (χ1v) is 5.43. The van der Waals surface area contributed by atoms with Crippen molar-refractivity contribution < 1.29 is 4.39 Å². The van der Waals surface area contributed by atoms with E-state index in [1.54, 1.807) is 12.3 Å². The zero-order chi connectivity index (χ0) is 12.6. The molecule has 0 aliphatic heterocycles. The predicted molar refractivity (Wildman–Crippen MR) is 63.4 cm³/mol. The van der Waals surface area contributed by atoms with E-state index in [-0.39, 0.29) is 12.4 Å². The highest BCUT2D eigenvalue weighted by Gasteiger charge is 2.15. The van der Waals surface area contributed by atoms with Crippen molar-refractivity contribution in [2.24, 2.45) is 5.73 Å². The number of hydrogen-bond donors (Lipinski definition) is 1. The van der Waals surface area contributed by atoms with E-state index in [2.05, 4.69) is 10.1 Å². The highest BCUT2D eigenvalue weighted by atomic mass is 19.1. The van der Waals surface area contributed by atoms with Crippen LogP contribution in [0.3, 0.4) is 0 Å². The van der Waals surface area contributed by atoms with Crippen LogP contribution in [0.25, 0.3) is 5.82 Å². The van der Waals surface area contributed by atoms with Crippen molar-refractivity contribution in [1.29, 1.82) is 0 Å². The van der Waals surface area contributed by atoms with E-state index in [0.29, 0.717) is 5.56 Å². The van der Waals surface area contributed by atoms with Crippen LogP contribution >= 0.6 is 0 Å². The van der Waals surface area contributed by atoms with Crippen LogP contribution in [0.15, 0.2) is 12.3 Å². The molecular formula is C12H15FN4. The minimum absolute atomic E-state index is 0.152. The topological polar surface area (TPSA) is 56.7 Å². The van der Waals surface area contributed by atoms with Crippen molar-refractivity contribution in [3.05, 3.63) is 40.6 Å². The van der Waals surface area contributed by atoms with E-state index in [1.807, 2.05) is 20.8 Å². The summed E-state index contributed by atoms with van der Waals surface area (Å²) in [5.74, 6) is -0.192. The summed E-state index contributed by atoms with van der Waals surface area (Å²) < 4.78 is 15.6. The fourth-order valence-corrected chi connectivity index (χ4v) is 1.70. The summed E-state index contributed by atoms with van der Waals surface area (Å²) >= 11 is 0. The highest BCUT2D eigenvalue weighted by molar-refractivity contribution is 5.35. The van der Waals surface area contributed by atoms with Gasteiger partial charge in [-0.1, -0.05) is 0 Å². The quantitative estimate of drug-likeness (QED) is 0.861. The monoisotopic (exact) mass is 234 g/mol. The molecule has 0 spiro atoms. The smallest absolute Gasteiger partial charge is 0.190 e. The van der Waals surface area contributed by atoms with E-state index >= 15 is 0 Å². The third kappa shape index (κ3) is 1.82. The Hall–Kier alpha value is -1.75. The molecule has 0 fully saturated rings. The fourth-order valence-electron chi connectivity index (χ4n) is 1.70. The Morgan fingerprint density at radius 2 is 2.06 bits per heavy atom. The lowest BCUT2D eigenvalue weighted by molar-refractivity contribution is 0.582. The standard InChI is InChI=1S/C12H15FN4/c1-7-8(2)16-17(9(7)3)12-11(13)10(6-14)4-5-15-12/h4-5H,6,14H2,1-3H3. The molecule has 4 nitrogen and oxygen atoms in total. The number of hydrogen-bond acceptors (Lipinski definition) is 3. The van der Waals surface area contributed by atoms with Crippen LogP contribution < -0.4 is 5.73 Å². The number of aryl methyl sites for hydroxylation is 1. The van der Waals surface area contributed by atoms with Crippen molar-refractivity contribution in [1.82, 2.24) is 14.8 Å². The molecule has 0 aromatic carbocycles. The maximum Gasteiger partial charge on any atom is 0.190 e. The molecule has 0 aliphatic rings. The minimum Gasteiger partial charge on any atom is -0.326 e. The molecule has 0 bridgehead atoms. The lowest BCUT2D eigenvalue weighted by Crippen LogP contribution is -2.09. The molecule has 0 saturated heterocycles. The summed E-state index contributed by atoms with van der Waals surface area (Å²) in [4.78, 5) is 4.04. The highest BCUT2D eigenvalue weighted by Crippen LogP contribution is 2.19. The van der Waals surface area contributed by atoms with Crippen LogP contribution in [0.1, 0.15) is 22.5 Å². The van der Waals surface area contributed by atoms with Crippen LogP contribution in [-0.4, -0.2) is 14.8 Å². The van der Waals surface area contributed by atoms with E-state index in [4.69, 9.17) is 5.73 Å². The molecule has 2 aromatic heterocycles. The van der Waals surface area contributed by atoms with Gasteiger partial charge in [0, 0.05) is 24.0 Å². The van der Waals surface area contributed by atoms with E-state index in [9.17, 15) is 4.39 Å². The molecule has 2 heterocycles. The first-order chi connectivity index (χ1) is 8.06. The molecule has 2 N–H and O–H groups in total. The summed E-state index contributed by atoms with van der Waals surface area (Å²) in [6.45, 7) is 5.90. The van der Waals surface area contributed by atoms with Crippen LogP contribution in [0, 0.1) is 26.6 Å².